The van der Waals surface area contributed by atoms with Crippen LogP contribution in [-0.2, 0) is 9.53 Å². The van der Waals surface area contributed by atoms with Gasteiger partial charge >= 0.3 is 5.97 Å². The molecular weight excluding hydrogens is 444 g/mol. The number of esters is 1. The van der Waals surface area contributed by atoms with Crippen LogP contribution in [0.3, 0.4) is 0 Å². The van der Waals surface area contributed by atoms with E-state index in [4.69, 9.17) is 4.74 Å². The van der Waals surface area contributed by atoms with Crippen LogP contribution >= 0.6 is 0 Å². The third-order valence-corrected chi connectivity index (χ3v) is 12.5. The standard InChI is InChI=1S/C32H54N2O2/c1-19(2)22-14-17-34-29(22)18-20(3)24-10-11-25-23-8-9-27-30(36-21(4)35)28(33-7)13-16-32(27,6)26(23)12-15-31(24,25)5/h8,19-20,22,24-30,33-34H,9-18H2,1-7H3/t20-,22-,24-,25+,26+,27+,28-,29-,30-,31-,32-/m1/s1. The van der Waals surface area contributed by atoms with E-state index in [0.29, 0.717) is 23.3 Å². The maximum absolute atomic E-state index is 12.0. The van der Waals surface area contributed by atoms with E-state index in [1.165, 1.54) is 51.5 Å². The van der Waals surface area contributed by atoms with Crippen molar-refractivity contribution in [3.8, 4) is 0 Å². The summed E-state index contributed by atoms with van der Waals surface area (Å²) in [6.07, 6.45) is 14.3. The zero-order valence-corrected chi connectivity index (χ0v) is 24.2. The molecule has 4 fully saturated rings. The van der Waals surface area contributed by atoms with Crippen LogP contribution in [0, 0.1) is 52.3 Å². The number of fused-ring (bicyclic) bond motifs is 5. The molecule has 0 amide bonds. The Bertz CT molecular complexity index is 853. The molecule has 36 heavy (non-hydrogen) atoms. The SMILES string of the molecule is CN[C@@H]1CC[C@]2(C)[C@H]3CC[C@]4(C)[C@@H]([C@H](C)C[C@H]5NCC[C@@H]5C(C)C)CC[C@H]4C3=CC[C@H]2[C@H]1OC(C)=O. The van der Waals surface area contributed by atoms with E-state index in [1.54, 1.807) is 12.5 Å². The number of carbonyl (C=O) groups excluding carboxylic acids is 1. The van der Waals surface area contributed by atoms with Gasteiger partial charge in [-0.1, -0.05) is 46.3 Å². The molecule has 204 valence electrons. The molecule has 4 aliphatic carbocycles. The smallest absolute Gasteiger partial charge is 0.302 e. The third-order valence-electron chi connectivity index (χ3n) is 12.5. The van der Waals surface area contributed by atoms with Crippen molar-refractivity contribution in [3.05, 3.63) is 11.6 Å². The van der Waals surface area contributed by atoms with Crippen LogP contribution in [0.25, 0.3) is 0 Å². The van der Waals surface area contributed by atoms with Crippen LogP contribution in [0.15, 0.2) is 11.6 Å². The highest BCUT2D eigenvalue weighted by Crippen LogP contribution is 2.67. The number of hydrogen-bond acceptors (Lipinski definition) is 4. The fourth-order valence-electron chi connectivity index (χ4n) is 10.6. The van der Waals surface area contributed by atoms with Gasteiger partial charge in [0.1, 0.15) is 6.10 Å². The van der Waals surface area contributed by atoms with Crippen LogP contribution in [-0.4, -0.2) is 37.7 Å². The summed E-state index contributed by atoms with van der Waals surface area (Å²) in [7, 11) is 2.03. The monoisotopic (exact) mass is 498 g/mol. The predicted octanol–water partition coefficient (Wildman–Crippen LogP) is 6.36. The number of ether oxygens (including phenoxy) is 1. The Balaban J connectivity index is 1.35. The molecule has 5 aliphatic rings. The summed E-state index contributed by atoms with van der Waals surface area (Å²) in [5.41, 5.74) is 2.51. The molecule has 3 saturated carbocycles. The molecule has 1 aliphatic heterocycles. The van der Waals surface area contributed by atoms with E-state index < -0.39 is 0 Å². The molecule has 0 aromatic rings. The molecule has 5 rings (SSSR count). The second-order valence-corrected chi connectivity index (χ2v) is 14.4. The van der Waals surface area contributed by atoms with Crippen molar-refractivity contribution >= 4 is 5.97 Å². The summed E-state index contributed by atoms with van der Waals surface area (Å²) in [5.74, 6) is 5.01. The minimum Gasteiger partial charge on any atom is -0.461 e. The second-order valence-electron chi connectivity index (χ2n) is 14.4. The average Bonchev–Trinajstić information content (AvgIpc) is 3.42. The van der Waals surface area contributed by atoms with Gasteiger partial charge in [0.05, 0.1) is 0 Å². The van der Waals surface area contributed by atoms with Crippen LogP contribution in [0.4, 0.5) is 0 Å². The van der Waals surface area contributed by atoms with Gasteiger partial charge in [-0.05, 0) is 118 Å². The summed E-state index contributed by atoms with van der Waals surface area (Å²) >= 11 is 0. The van der Waals surface area contributed by atoms with Crippen LogP contribution in [0.5, 0.6) is 0 Å². The molecule has 2 N–H and O–H groups in total. The van der Waals surface area contributed by atoms with Crippen molar-refractivity contribution in [3.63, 3.8) is 0 Å². The Morgan fingerprint density at radius 3 is 2.50 bits per heavy atom. The molecule has 1 heterocycles. The molecule has 0 aromatic heterocycles. The largest absolute Gasteiger partial charge is 0.461 e. The quantitative estimate of drug-likeness (QED) is 0.331. The minimum absolute atomic E-state index is 0.00141. The molecule has 0 bridgehead atoms. The van der Waals surface area contributed by atoms with Gasteiger partial charge < -0.3 is 15.4 Å². The molecule has 0 spiro atoms. The maximum atomic E-state index is 12.0. The number of likely N-dealkylation sites (N-methyl/N-ethyl adjacent to an activating group) is 1. The first-order valence-corrected chi connectivity index (χ1v) is 15.4. The van der Waals surface area contributed by atoms with Crippen molar-refractivity contribution in [2.75, 3.05) is 13.6 Å². The van der Waals surface area contributed by atoms with E-state index in [-0.39, 0.29) is 23.5 Å². The lowest BCUT2D eigenvalue weighted by Gasteiger charge is -2.59. The fraction of sp³-hybridized carbons (Fsp3) is 0.906. The number of hydrogen-bond donors (Lipinski definition) is 2. The molecule has 1 saturated heterocycles. The highest BCUT2D eigenvalue weighted by atomic mass is 16.5. The Kier molecular flexibility index (Phi) is 7.44. The van der Waals surface area contributed by atoms with Crippen molar-refractivity contribution in [2.24, 2.45) is 52.3 Å². The lowest BCUT2D eigenvalue weighted by molar-refractivity contribution is -0.162. The van der Waals surface area contributed by atoms with Crippen molar-refractivity contribution in [1.29, 1.82) is 0 Å². The van der Waals surface area contributed by atoms with Gasteiger partial charge in [-0.3, -0.25) is 4.79 Å². The summed E-state index contributed by atoms with van der Waals surface area (Å²) in [4.78, 5) is 12.0. The van der Waals surface area contributed by atoms with Crippen LogP contribution < -0.4 is 10.6 Å². The summed E-state index contributed by atoms with van der Waals surface area (Å²) in [6.45, 7) is 15.4. The van der Waals surface area contributed by atoms with Crippen molar-refractivity contribution in [2.45, 2.75) is 118 Å². The number of carbonyl (C=O) groups is 1. The fourth-order valence-corrected chi connectivity index (χ4v) is 10.6. The van der Waals surface area contributed by atoms with Gasteiger partial charge in [0.15, 0.2) is 0 Å². The van der Waals surface area contributed by atoms with E-state index in [2.05, 4.69) is 51.3 Å². The predicted molar refractivity (Wildman–Crippen MR) is 147 cm³/mol. The Morgan fingerprint density at radius 2 is 1.81 bits per heavy atom. The number of nitrogens with one attached hydrogen (secondary N) is 2. The van der Waals surface area contributed by atoms with E-state index in [0.717, 1.165) is 42.4 Å². The lowest BCUT2D eigenvalue weighted by atomic mass is 9.47. The van der Waals surface area contributed by atoms with Gasteiger partial charge in [-0.25, -0.2) is 0 Å². The third kappa shape index (κ3) is 4.31. The van der Waals surface area contributed by atoms with Gasteiger partial charge in [-0.2, -0.15) is 0 Å². The normalized spacial score (nSPS) is 47.1. The van der Waals surface area contributed by atoms with E-state index in [1.807, 2.05) is 7.05 Å². The zero-order chi connectivity index (χ0) is 25.8. The highest BCUT2D eigenvalue weighted by Gasteiger charge is 2.60. The van der Waals surface area contributed by atoms with Gasteiger partial charge in [0.25, 0.3) is 0 Å². The number of rotatable bonds is 6. The van der Waals surface area contributed by atoms with Crippen LogP contribution in [0.1, 0.15) is 99.3 Å². The Morgan fingerprint density at radius 1 is 1.08 bits per heavy atom. The van der Waals surface area contributed by atoms with E-state index >= 15 is 0 Å². The topological polar surface area (TPSA) is 50.4 Å². The Hall–Kier alpha value is -0.870. The molecule has 4 heteroatoms. The lowest BCUT2D eigenvalue weighted by Crippen LogP contribution is -2.58. The van der Waals surface area contributed by atoms with E-state index in [9.17, 15) is 4.79 Å². The highest BCUT2D eigenvalue weighted by molar-refractivity contribution is 5.66. The van der Waals surface area contributed by atoms with Crippen molar-refractivity contribution < 1.29 is 9.53 Å². The average molecular weight is 499 g/mol. The molecule has 0 aromatic carbocycles. The molecule has 0 radical (unpaired) electrons. The van der Waals surface area contributed by atoms with Gasteiger partial charge in [0, 0.05) is 24.9 Å². The Labute approximate surface area is 221 Å². The summed E-state index contributed by atoms with van der Waals surface area (Å²) in [5, 5.41) is 7.36. The maximum Gasteiger partial charge on any atom is 0.302 e. The summed E-state index contributed by atoms with van der Waals surface area (Å²) < 4.78 is 6.02. The molecule has 4 nitrogen and oxygen atoms in total. The second kappa shape index (κ2) is 10.0. The molecular formula is C32H54N2O2. The zero-order valence-electron chi connectivity index (χ0n) is 24.2. The van der Waals surface area contributed by atoms with Gasteiger partial charge in [0.2, 0.25) is 0 Å². The van der Waals surface area contributed by atoms with Crippen molar-refractivity contribution in [1.82, 2.24) is 10.6 Å². The first-order valence-electron chi connectivity index (χ1n) is 15.4. The molecule has 11 atom stereocenters. The number of allylic oxidation sites excluding steroid dienone is 2. The van der Waals surface area contributed by atoms with Gasteiger partial charge in [-0.15, -0.1) is 0 Å². The molecule has 0 unspecified atom stereocenters. The summed E-state index contributed by atoms with van der Waals surface area (Å²) in [6, 6.07) is 1.000. The van der Waals surface area contributed by atoms with Crippen LogP contribution in [0.2, 0.25) is 0 Å². The first kappa shape index (κ1) is 26.7. The first-order chi connectivity index (χ1) is 17.1. The minimum atomic E-state index is -0.125.